The zero-order chi connectivity index (χ0) is 19.0. The quantitative estimate of drug-likeness (QED) is 0.484. The maximum Gasteiger partial charge on any atom is 0.281 e. The normalized spacial score (nSPS) is 10.9. The average molecular weight is 402 g/mol. The Bertz CT molecular complexity index is 1210. The van der Waals surface area contributed by atoms with Gasteiger partial charge in [0.15, 0.2) is 0 Å². The zero-order valence-corrected chi connectivity index (χ0v) is 15.1. The molecule has 4 rings (SSSR count). The molecule has 0 aliphatic rings. The van der Waals surface area contributed by atoms with Gasteiger partial charge in [-0.1, -0.05) is 35.3 Å². The van der Waals surface area contributed by atoms with Crippen LogP contribution in [0, 0.1) is 5.82 Å². The van der Waals surface area contributed by atoms with E-state index in [4.69, 9.17) is 27.9 Å². The third-order valence-corrected chi connectivity index (χ3v) is 4.45. The first-order valence-electron chi connectivity index (χ1n) is 7.79. The zero-order valence-electron chi connectivity index (χ0n) is 13.6. The number of halogens is 3. The third-order valence-electron chi connectivity index (χ3n) is 3.82. The van der Waals surface area contributed by atoms with Gasteiger partial charge in [-0.25, -0.2) is 8.91 Å². The molecule has 0 amide bonds. The molecule has 2 aromatic carbocycles. The minimum atomic E-state index is -0.481. The summed E-state index contributed by atoms with van der Waals surface area (Å²) in [5, 5.41) is 4.93. The van der Waals surface area contributed by atoms with Crippen LogP contribution in [0.5, 0.6) is 11.6 Å². The number of nitrogens with zero attached hydrogens (tertiary/aromatic N) is 3. The van der Waals surface area contributed by atoms with Gasteiger partial charge in [0.05, 0.1) is 21.1 Å². The molecule has 0 unspecified atom stereocenters. The lowest BCUT2D eigenvalue weighted by molar-refractivity contribution is 0.447. The molecule has 0 saturated carbocycles. The first-order chi connectivity index (χ1) is 13.0. The van der Waals surface area contributed by atoms with Gasteiger partial charge in [0, 0.05) is 17.7 Å². The number of aromatic nitrogens is 3. The molecule has 5 nitrogen and oxygen atoms in total. The number of ether oxygens (including phenoxy) is 1. The summed E-state index contributed by atoms with van der Waals surface area (Å²) in [6.07, 6.45) is 1.27. The number of rotatable bonds is 3. The van der Waals surface area contributed by atoms with E-state index in [-0.39, 0.29) is 11.4 Å². The van der Waals surface area contributed by atoms with Crippen molar-refractivity contribution in [1.82, 2.24) is 14.6 Å². The van der Waals surface area contributed by atoms with Crippen LogP contribution in [0.25, 0.3) is 16.6 Å². The molecule has 8 heteroatoms. The minimum absolute atomic E-state index is 0.203. The van der Waals surface area contributed by atoms with E-state index in [1.54, 1.807) is 36.4 Å². The molecule has 134 valence electrons. The number of benzene rings is 2. The van der Waals surface area contributed by atoms with Gasteiger partial charge in [0.2, 0.25) is 5.88 Å². The van der Waals surface area contributed by atoms with Crippen molar-refractivity contribution in [1.29, 1.82) is 0 Å². The van der Waals surface area contributed by atoms with Gasteiger partial charge in [-0.05, 0) is 30.3 Å². The van der Waals surface area contributed by atoms with Crippen molar-refractivity contribution >= 4 is 28.7 Å². The largest absolute Gasteiger partial charge is 0.437 e. The summed E-state index contributed by atoms with van der Waals surface area (Å²) in [6, 6.07) is 13.9. The topological polar surface area (TPSA) is 56.5 Å². The van der Waals surface area contributed by atoms with Crippen LogP contribution in [0.2, 0.25) is 10.0 Å². The highest BCUT2D eigenvalue weighted by atomic mass is 35.5. The van der Waals surface area contributed by atoms with E-state index in [0.29, 0.717) is 26.9 Å². The van der Waals surface area contributed by atoms with Crippen molar-refractivity contribution in [2.24, 2.45) is 0 Å². The molecule has 0 bridgehead atoms. The van der Waals surface area contributed by atoms with Crippen LogP contribution >= 0.6 is 23.2 Å². The second kappa shape index (κ2) is 6.98. The second-order valence-corrected chi connectivity index (χ2v) is 6.40. The smallest absolute Gasteiger partial charge is 0.281 e. The fourth-order valence-electron chi connectivity index (χ4n) is 2.66. The van der Waals surface area contributed by atoms with E-state index >= 15 is 0 Å². The van der Waals surface area contributed by atoms with E-state index in [1.165, 1.54) is 29.0 Å². The molecule has 4 aromatic rings. The van der Waals surface area contributed by atoms with Crippen LogP contribution in [-0.4, -0.2) is 14.6 Å². The maximum atomic E-state index is 13.3. The molecule has 0 spiro atoms. The van der Waals surface area contributed by atoms with Gasteiger partial charge in [-0.15, -0.1) is 5.10 Å². The van der Waals surface area contributed by atoms with Crippen LogP contribution in [0.1, 0.15) is 0 Å². The molecular weight excluding hydrogens is 392 g/mol. The Morgan fingerprint density at radius 3 is 2.44 bits per heavy atom. The predicted molar refractivity (Wildman–Crippen MR) is 101 cm³/mol. The molecule has 0 aliphatic carbocycles. The van der Waals surface area contributed by atoms with Crippen LogP contribution in [0.15, 0.2) is 65.7 Å². The van der Waals surface area contributed by atoms with Gasteiger partial charge >= 0.3 is 0 Å². The van der Waals surface area contributed by atoms with E-state index < -0.39 is 11.4 Å². The number of hydrogen-bond donors (Lipinski definition) is 0. The molecule has 0 N–H and O–H groups in total. The van der Waals surface area contributed by atoms with Gasteiger partial charge in [-0.3, -0.25) is 4.79 Å². The SMILES string of the molecule is O=c1ncn2nc(Oc3cccc(F)c3)ccc2c1-c1c(Cl)cccc1Cl. The summed E-state index contributed by atoms with van der Waals surface area (Å²) in [4.78, 5) is 16.2. The molecular formula is C19H10Cl2FN3O2. The highest BCUT2D eigenvalue weighted by Gasteiger charge is 2.17. The molecule has 0 radical (unpaired) electrons. The van der Waals surface area contributed by atoms with Crippen molar-refractivity contribution in [2.45, 2.75) is 0 Å². The van der Waals surface area contributed by atoms with Crippen molar-refractivity contribution in [3.05, 3.63) is 87.1 Å². The van der Waals surface area contributed by atoms with Gasteiger partial charge in [0.25, 0.3) is 5.56 Å². The van der Waals surface area contributed by atoms with Gasteiger partial charge in [-0.2, -0.15) is 4.98 Å². The van der Waals surface area contributed by atoms with E-state index in [9.17, 15) is 9.18 Å². The molecule has 2 aromatic heterocycles. The van der Waals surface area contributed by atoms with Gasteiger partial charge in [0.1, 0.15) is 17.9 Å². The first kappa shape index (κ1) is 17.5. The highest BCUT2D eigenvalue weighted by Crippen LogP contribution is 2.34. The van der Waals surface area contributed by atoms with Crippen molar-refractivity contribution in [3.63, 3.8) is 0 Å². The lowest BCUT2D eigenvalue weighted by atomic mass is 10.1. The second-order valence-electron chi connectivity index (χ2n) is 5.58. The monoisotopic (exact) mass is 401 g/mol. The Balaban J connectivity index is 1.85. The molecule has 0 fully saturated rings. The molecule has 0 saturated heterocycles. The van der Waals surface area contributed by atoms with Crippen LogP contribution in [-0.2, 0) is 0 Å². The Hall–Kier alpha value is -2.96. The standard InChI is InChI=1S/C19H10Cl2FN3O2/c20-13-5-2-6-14(21)17(13)18-15-7-8-16(24-25(15)10-23-19(18)26)27-12-4-1-3-11(22)9-12/h1-10H. The fraction of sp³-hybridized carbons (Fsp3) is 0. The van der Waals surface area contributed by atoms with Gasteiger partial charge < -0.3 is 4.74 Å². The molecule has 0 atom stereocenters. The fourth-order valence-corrected chi connectivity index (χ4v) is 3.25. The summed E-state index contributed by atoms with van der Waals surface area (Å²) in [5.74, 6) is 0.0780. The van der Waals surface area contributed by atoms with E-state index in [1.807, 2.05) is 0 Å². The van der Waals surface area contributed by atoms with E-state index in [0.717, 1.165) is 0 Å². The van der Waals surface area contributed by atoms with Crippen molar-refractivity contribution in [2.75, 3.05) is 0 Å². The summed E-state index contributed by atoms with van der Waals surface area (Å²) in [5.41, 5.74) is 0.595. The first-order valence-corrected chi connectivity index (χ1v) is 8.55. The van der Waals surface area contributed by atoms with Crippen LogP contribution in [0.3, 0.4) is 0 Å². The Kier molecular flexibility index (Phi) is 4.51. The number of hydrogen-bond acceptors (Lipinski definition) is 4. The lowest BCUT2D eigenvalue weighted by Gasteiger charge is -2.11. The summed E-state index contributed by atoms with van der Waals surface area (Å²) < 4.78 is 20.2. The maximum absolute atomic E-state index is 13.3. The van der Waals surface area contributed by atoms with Crippen molar-refractivity contribution < 1.29 is 9.13 Å². The van der Waals surface area contributed by atoms with E-state index in [2.05, 4.69) is 10.1 Å². The minimum Gasteiger partial charge on any atom is -0.437 e. The third kappa shape index (κ3) is 3.37. The summed E-state index contributed by atoms with van der Waals surface area (Å²) >= 11 is 12.5. The lowest BCUT2D eigenvalue weighted by Crippen LogP contribution is -2.14. The summed E-state index contributed by atoms with van der Waals surface area (Å²) in [7, 11) is 0. The predicted octanol–water partition coefficient (Wildman–Crippen LogP) is 4.99. The number of fused-ring (bicyclic) bond motifs is 1. The molecule has 2 heterocycles. The molecule has 0 aliphatic heterocycles. The molecule has 27 heavy (non-hydrogen) atoms. The highest BCUT2D eigenvalue weighted by molar-refractivity contribution is 6.39. The average Bonchev–Trinajstić information content (AvgIpc) is 2.63. The van der Waals surface area contributed by atoms with Crippen LogP contribution in [0.4, 0.5) is 4.39 Å². The Morgan fingerprint density at radius 2 is 1.70 bits per heavy atom. The summed E-state index contributed by atoms with van der Waals surface area (Å²) in [6.45, 7) is 0. The Morgan fingerprint density at radius 1 is 0.963 bits per heavy atom. The van der Waals surface area contributed by atoms with Crippen molar-refractivity contribution in [3.8, 4) is 22.8 Å². The van der Waals surface area contributed by atoms with Crippen LogP contribution < -0.4 is 10.3 Å². The Labute approximate surface area is 162 Å².